The van der Waals surface area contributed by atoms with E-state index in [-0.39, 0.29) is 29.0 Å². The van der Waals surface area contributed by atoms with Crippen LogP contribution in [-0.2, 0) is 0 Å². The van der Waals surface area contributed by atoms with Gasteiger partial charge in [-0.25, -0.2) is 0 Å². The van der Waals surface area contributed by atoms with Gasteiger partial charge in [0.15, 0.2) is 0 Å². The van der Waals surface area contributed by atoms with Crippen LogP contribution in [0.2, 0.25) is 0 Å². The first kappa shape index (κ1) is 17.1. The van der Waals surface area contributed by atoms with E-state index in [2.05, 4.69) is 27.7 Å². The van der Waals surface area contributed by atoms with Crippen molar-refractivity contribution < 1.29 is 15.3 Å². The van der Waals surface area contributed by atoms with E-state index in [1.807, 2.05) is 0 Å². The molecule has 3 nitrogen and oxygen atoms in total. The summed E-state index contributed by atoms with van der Waals surface area (Å²) in [7, 11) is 0. The molecule has 4 aliphatic rings. The highest BCUT2D eigenvalue weighted by Crippen LogP contribution is 2.68. The van der Waals surface area contributed by atoms with Gasteiger partial charge in [0.05, 0.1) is 17.8 Å². The number of rotatable bonds is 0. The molecule has 24 heavy (non-hydrogen) atoms. The smallest absolute Gasteiger partial charge is 0.0771 e. The van der Waals surface area contributed by atoms with E-state index in [0.717, 1.165) is 50.5 Å². The van der Waals surface area contributed by atoms with E-state index in [0.29, 0.717) is 11.8 Å². The maximum atomic E-state index is 12.1. The second-order valence-electron chi connectivity index (χ2n) is 9.89. The maximum absolute atomic E-state index is 12.1. The quantitative estimate of drug-likeness (QED) is 0.595. The molecular weight excluding hydrogens is 300 g/mol. The van der Waals surface area contributed by atoms with Gasteiger partial charge >= 0.3 is 0 Å². The van der Waals surface area contributed by atoms with Crippen molar-refractivity contribution >= 4 is 0 Å². The average molecular weight is 335 g/mol. The lowest BCUT2D eigenvalue weighted by atomic mass is 9.42. The van der Waals surface area contributed by atoms with Crippen molar-refractivity contribution in [1.82, 2.24) is 0 Å². The molecule has 1 unspecified atom stereocenters. The summed E-state index contributed by atoms with van der Waals surface area (Å²) in [6.45, 7) is 8.86. The first-order valence-electron chi connectivity index (χ1n) is 9.94. The van der Waals surface area contributed by atoms with Gasteiger partial charge in [-0.05, 0) is 80.6 Å². The van der Waals surface area contributed by atoms with Gasteiger partial charge in [-0.15, -0.1) is 0 Å². The molecule has 3 N–H and O–H groups in total. The van der Waals surface area contributed by atoms with Gasteiger partial charge in [-0.1, -0.05) is 26.3 Å². The first-order chi connectivity index (χ1) is 11.1. The summed E-state index contributed by atoms with van der Waals surface area (Å²) in [5.41, 5.74) is 1.53. The SMILES string of the molecule is CC1=C2C[C@@H](C)[C@H]3[C@@H]4CC[C@H](O)[C@@]4(C)CCC3(O)[C@@]2(C)CC[C@@H]1O. The maximum Gasteiger partial charge on any atom is 0.0771 e. The Balaban J connectivity index is 1.82. The molecule has 3 saturated carbocycles. The topological polar surface area (TPSA) is 60.7 Å². The van der Waals surface area contributed by atoms with Crippen molar-refractivity contribution in [2.24, 2.45) is 28.6 Å². The molecule has 136 valence electrons. The number of aliphatic hydroxyl groups excluding tert-OH is 2. The number of hydrogen-bond acceptors (Lipinski definition) is 3. The molecule has 4 rings (SSSR count). The Morgan fingerprint density at radius 3 is 2.42 bits per heavy atom. The Hall–Kier alpha value is -0.380. The lowest BCUT2D eigenvalue weighted by Gasteiger charge is -2.65. The predicted octanol–water partition coefficient (Wildman–Crippen LogP) is 3.42. The zero-order valence-electron chi connectivity index (χ0n) is 15.7. The fraction of sp³-hybridized carbons (Fsp3) is 0.905. The number of hydrogen-bond donors (Lipinski definition) is 3. The molecule has 0 heterocycles. The van der Waals surface area contributed by atoms with Gasteiger partial charge in [-0.3, -0.25) is 0 Å². The molecular formula is C21H34O3. The van der Waals surface area contributed by atoms with Gasteiger partial charge < -0.3 is 15.3 Å². The third-order valence-electron chi connectivity index (χ3n) is 9.04. The summed E-state index contributed by atoms with van der Waals surface area (Å²) >= 11 is 0. The van der Waals surface area contributed by atoms with E-state index < -0.39 is 5.60 Å². The summed E-state index contributed by atoms with van der Waals surface area (Å²) in [4.78, 5) is 0. The zero-order valence-corrected chi connectivity index (χ0v) is 15.7. The molecule has 0 aromatic carbocycles. The molecule has 8 atom stereocenters. The van der Waals surface area contributed by atoms with Crippen LogP contribution < -0.4 is 0 Å². The molecule has 0 aliphatic heterocycles. The summed E-state index contributed by atoms with van der Waals surface area (Å²) in [6, 6.07) is 0. The number of fused-ring (bicyclic) bond motifs is 5. The fourth-order valence-corrected chi connectivity index (χ4v) is 7.40. The van der Waals surface area contributed by atoms with Crippen molar-refractivity contribution in [3.8, 4) is 0 Å². The van der Waals surface area contributed by atoms with Crippen molar-refractivity contribution in [3.63, 3.8) is 0 Å². The highest BCUT2D eigenvalue weighted by atomic mass is 16.3. The Kier molecular flexibility index (Phi) is 3.61. The number of aliphatic hydroxyl groups is 3. The standard InChI is InChI=1S/C21H34O3/c1-12-11-15-13(2)16(22)7-8-20(15,4)21(24)10-9-19(3)14(18(12)21)5-6-17(19)23/h12,14,16-18,22-24H,5-11H2,1-4H3/t12-,14+,16+,17+,18+,19+,20+,21?/m1/s1. The van der Waals surface area contributed by atoms with Crippen LogP contribution in [0, 0.1) is 28.6 Å². The Labute approximate surface area is 146 Å². The normalized spacial score (nSPS) is 57.4. The van der Waals surface area contributed by atoms with Gasteiger partial charge in [0.1, 0.15) is 0 Å². The summed E-state index contributed by atoms with van der Waals surface area (Å²) in [5.74, 6) is 1.10. The Morgan fingerprint density at radius 2 is 1.71 bits per heavy atom. The van der Waals surface area contributed by atoms with Gasteiger partial charge in [0.25, 0.3) is 0 Å². The predicted molar refractivity (Wildman–Crippen MR) is 94.3 cm³/mol. The zero-order chi connectivity index (χ0) is 17.5. The van der Waals surface area contributed by atoms with Crippen molar-refractivity contribution in [3.05, 3.63) is 11.1 Å². The van der Waals surface area contributed by atoms with Crippen LogP contribution in [0.15, 0.2) is 11.1 Å². The monoisotopic (exact) mass is 334 g/mol. The molecule has 0 radical (unpaired) electrons. The van der Waals surface area contributed by atoms with Crippen LogP contribution in [0.25, 0.3) is 0 Å². The molecule has 0 saturated heterocycles. The molecule has 3 fully saturated rings. The summed E-state index contributed by atoms with van der Waals surface area (Å²) in [5, 5.41) is 33.0. The fourth-order valence-electron chi connectivity index (χ4n) is 7.40. The first-order valence-corrected chi connectivity index (χ1v) is 9.94. The second kappa shape index (κ2) is 5.08. The molecule has 0 aromatic rings. The third kappa shape index (κ3) is 1.84. The Bertz CT molecular complexity index is 584. The van der Waals surface area contributed by atoms with Crippen LogP contribution in [0.1, 0.15) is 72.6 Å². The largest absolute Gasteiger partial charge is 0.393 e. The molecule has 0 aromatic heterocycles. The highest BCUT2D eigenvalue weighted by Gasteiger charge is 2.67. The minimum absolute atomic E-state index is 0.0219. The van der Waals surface area contributed by atoms with E-state index in [1.54, 1.807) is 0 Å². The molecule has 0 amide bonds. The minimum Gasteiger partial charge on any atom is -0.393 e. The molecule has 4 aliphatic carbocycles. The van der Waals surface area contributed by atoms with Gasteiger partial charge in [-0.2, -0.15) is 0 Å². The molecule has 3 heteroatoms. The highest BCUT2D eigenvalue weighted by molar-refractivity contribution is 5.35. The van der Waals surface area contributed by atoms with Crippen LogP contribution in [0.3, 0.4) is 0 Å². The Morgan fingerprint density at radius 1 is 1.00 bits per heavy atom. The van der Waals surface area contributed by atoms with Crippen LogP contribution >= 0.6 is 0 Å². The van der Waals surface area contributed by atoms with Crippen molar-refractivity contribution in [2.45, 2.75) is 90.4 Å². The summed E-state index contributed by atoms with van der Waals surface area (Å²) in [6.07, 6.45) is 5.74. The van der Waals surface area contributed by atoms with E-state index in [4.69, 9.17) is 0 Å². The molecule has 0 bridgehead atoms. The van der Waals surface area contributed by atoms with Crippen LogP contribution in [-0.4, -0.2) is 33.1 Å². The van der Waals surface area contributed by atoms with E-state index in [9.17, 15) is 15.3 Å². The molecule has 0 spiro atoms. The van der Waals surface area contributed by atoms with E-state index >= 15 is 0 Å². The van der Waals surface area contributed by atoms with Gasteiger partial charge in [0.2, 0.25) is 0 Å². The minimum atomic E-state index is -0.685. The van der Waals surface area contributed by atoms with E-state index in [1.165, 1.54) is 5.57 Å². The average Bonchev–Trinajstić information content (AvgIpc) is 2.83. The van der Waals surface area contributed by atoms with Crippen LogP contribution in [0.4, 0.5) is 0 Å². The lowest BCUT2D eigenvalue weighted by Crippen LogP contribution is -2.65. The van der Waals surface area contributed by atoms with Crippen molar-refractivity contribution in [1.29, 1.82) is 0 Å². The third-order valence-corrected chi connectivity index (χ3v) is 9.04. The van der Waals surface area contributed by atoms with Crippen LogP contribution in [0.5, 0.6) is 0 Å². The lowest BCUT2D eigenvalue weighted by molar-refractivity contribution is -0.212. The second-order valence-corrected chi connectivity index (χ2v) is 9.89. The summed E-state index contributed by atoms with van der Waals surface area (Å²) < 4.78 is 0. The van der Waals surface area contributed by atoms with Crippen molar-refractivity contribution in [2.75, 3.05) is 0 Å². The van der Waals surface area contributed by atoms with Gasteiger partial charge in [0, 0.05) is 5.41 Å².